The topological polar surface area (TPSA) is 25.5 Å². The molecule has 0 bridgehead atoms. The van der Waals surface area contributed by atoms with Crippen LogP contribution in [0.25, 0.3) is 0 Å². The van der Waals surface area contributed by atoms with Crippen LogP contribution in [0.3, 0.4) is 0 Å². The van der Waals surface area contributed by atoms with Crippen molar-refractivity contribution in [3.63, 3.8) is 0 Å². The van der Waals surface area contributed by atoms with Gasteiger partial charge in [-0.1, -0.05) is 32.9 Å². The van der Waals surface area contributed by atoms with Crippen molar-refractivity contribution in [2.24, 2.45) is 4.99 Å². The molecule has 1 heterocycles. The zero-order chi connectivity index (χ0) is 13.2. The van der Waals surface area contributed by atoms with E-state index in [0.717, 1.165) is 17.2 Å². The molecule has 0 aliphatic heterocycles. The molecule has 2 nitrogen and oxygen atoms in total. The number of furan rings is 1. The van der Waals surface area contributed by atoms with Gasteiger partial charge in [0.2, 0.25) is 0 Å². The number of hydrogen-bond donors (Lipinski definition) is 0. The zero-order valence-electron chi connectivity index (χ0n) is 11.4. The largest absolute Gasteiger partial charge is 0.460 e. The molecule has 2 heteroatoms. The number of rotatable bonds is 2. The molecule has 1 aromatic heterocycles. The molecular formula is C16H19NO. The summed E-state index contributed by atoms with van der Waals surface area (Å²) >= 11 is 0. The van der Waals surface area contributed by atoms with Gasteiger partial charge in [-0.25, -0.2) is 0 Å². The monoisotopic (exact) mass is 241 g/mol. The van der Waals surface area contributed by atoms with E-state index in [9.17, 15) is 0 Å². The third kappa shape index (κ3) is 3.10. The van der Waals surface area contributed by atoms with Gasteiger partial charge >= 0.3 is 0 Å². The summed E-state index contributed by atoms with van der Waals surface area (Å²) in [5, 5.41) is 0. The fraction of sp³-hybridized carbons (Fsp3) is 0.312. The van der Waals surface area contributed by atoms with Crippen LogP contribution in [-0.2, 0) is 5.41 Å². The van der Waals surface area contributed by atoms with E-state index in [-0.39, 0.29) is 5.41 Å². The lowest BCUT2D eigenvalue weighted by molar-refractivity contribution is 0.528. The first kappa shape index (κ1) is 12.6. The summed E-state index contributed by atoms with van der Waals surface area (Å²) in [5.74, 6) is 1.69. The third-order valence-corrected chi connectivity index (χ3v) is 2.84. The minimum Gasteiger partial charge on any atom is -0.460 e. The van der Waals surface area contributed by atoms with Crippen LogP contribution in [0.4, 0.5) is 5.69 Å². The highest BCUT2D eigenvalue weighted by molar-refractivity contribution is 5.78. The van der Waals surface area contributed by atoms with Gasteiger partial charge in [-0.15, -0.1) is 0 Å². The number of aryl methyl sites for hydroxylation is 1. The summed E-state index contributed by atoms with van der Waals surface area (Å²) in [5.41, 5.74) is 2.44. The van der Waals surface area contributed by atoms with Gasteiger partial charge in [0.1, 0.15) is 11.5 Å². The lowest BCUT2D eigenvalue weighted by Crippen LogP contribution is -2.10. The predicted molar refractivity (Wildman–Crippen MR) is 75.8 cm³/mol. The van der Waals surface area contributed by atoms with E-state index in [0.29, 0.717) is 0 Å². The van der Waals surface area contributed by atoms with Crippen molar-refractivity contribution in [1.29, 1.82) is 0 Å². The number of benzene rings is 1. The first-order chi connectivity index (χ1) is 8.45. The highest BCUT2D eigenvalue weighted by atomic mass is 16.3. The Hall–Kier alpha value is -1.83. The van der Waals surface area contributed by atoms with E-state index < -0.39 is 0 Å². The van der Waals surface area contributed by atoms with Gasteiger partial charge in [0.15, 0.2) is 0 Å². The minimum absolute atomic E-state index is 0.181. The van der Waals surface area contributed by atoms with Gasteiger partial charge in [-0.3, -0.25) is 4.99 Å². The van der Waals surface area contributed by atoms with Crippen LogP contribution in [0.1, 0.15) is 37.9 Å². The average Bonchev–Trinajstić information content (AvgIpc) is 2.72. The van der Waals surface area contributed by atoms with Crippen LogP contribution in [0.15, 0.2) is 45.8 Å². The molecule has 2 aromatic rings. The average molecular weight is 241 g/mol. The molecule has 0 saturated heterocycles. The lowest BCUT2D eigenvalue weighted by Gasteiger charge is -2.18. The minimum atomic E-state index is 0.181. The Morgan fingerprint density at radius 1 is 1.00 bits per heavy atom. The van der Waals surface area contributed by atoms with Crippen molar-refractivity contribution in [2.45, 2.75) is 33.1 Å². The second-order valence-electron chi connectivity index (χ2n) is 5.50. The molecule has 0 spiro atoms. The van der Waals surface area contributed by atoms with Crippen LogP contribution in [0, 0.1) is 6.92 Å². The Bertz CT molecular complexity index is 541. The molecule has 18 heavy (non-hydrogen) atoms. The van der Waals surface area contributed by atoms with E-state index in [1.165, 1.54) is 5.56 Å². The van der Waals surface area contributed by atoms with E-state index in [1.54, 1.807) is 6.21 Å². The smallest absolute Gasteiger partial charge is 0.145 e. The van der Waals surface area contributed by atoms with Crippen LogP contribution in [-0.4, -0.2) is 6.21 Å². The van der Waals surface area contributed by atoms with Gasteiger partial charge < -0.3 is 4.42 Å². The molecular weight excluding hydrogens is 222 g/mol. The molecule has 0 N–H and O–H groups in total. The lowest BCUT2D eigenvalue weighted by atomic mass is 9.87. The fourth-order valence-electron chi connectivity index (χ4n) is 1.71. The maximum Gasteiger partial charge on any atom is 0.145 e. The summed E-state index contributed by atoms with van der Waals surface area (Å²) in [6.45, 7) is 8.54. The Morgan fingerprint density at radius 3 is 2.17 bits per heavy atom. The molecule has 0 saturated carbocycles. The van der Waals surface area contributed by atoms with Crippen LogP contribution < -0.4 is 0 Å². The summed E-state index contributed by atoms with van der Waals surface area (Å²) in [6.07, 6.45) is 1.75. The summed E-state index contributed by atoms with van der Waals surface area (Å²) in [6, 6.07) is 12.2. The maximum atomic E-state index is 5.43. The van der Waals surface area contributed by atoms with Crippen LogP contribution >= 0.6 is 0 Å². The molecule has 2 rings (SSSR count). The van der Waals surface area contributed by atoms with Crippen molar-refractivity contribution in [3.8, 4) is 0 Å². The SMILES string of the molecule is Cc1ccc(/C=N/c2ccc(C(C)(C)C)cc2)o1. The first-order valence-corrected chi connectivity index (χ1v) is 6.16. The molecule has 0 aliphatic carbocycles. The number of aliphatic imine (C=N–C) groups is 1. The van der Waals surface area contributed by atoms with E-state index in [2.05, 4.69) is 37.9 Å². The second-order valence-corrected chi connectivity index (χ2v) is 5.50. The molecule has 94 valence electrons. The van der Waals surface area contributed by atoms with E-state index in [1.807, 2.05) is 31.2 Å². The number of hydrogen-bond acceptors (Lipinski definition) is 2. The highest BCUT2D eigenvalue weighted by Gasteiger charge is 2.12. The van der Waals surface area contributed by atoms with Gasteiger partial charge in [0.05, 0.1) is 11.9 Å². The highest BCUT2D eigenvalue weighted by Crippen LogP contribution is 2.24. The third-order valence-electron chi connectivity index (χ3n) is 2.84. The van der Waals surface area contributed by atoms with Crippen molar-refractivity contribution in [3.05, 3.63) is 53.5 Å². The predicted octanol–water partition coefficient (Wildman–Crippen LogP) is 4.64. The maximum absolute atomic E-state index is 5.43. The first-order valence-electron chi connectivity index (χ1n) is 6.16. The number of nitrogens with zero attached hydrogens (tertiary/aromatic N) is 1. The summed E-state index contributed by atoms with van der Waals surface area (Å²) in [7, 11) is 0. The van der Waals surface area contributed by atoms with Crippen molar-refractivity contribution < 1.29 is 4.42 Å². The summed E-state index contributed by atoms with van der Waals surface area (Å²) in [4.78, 5) is 4.39. The molecule has 0 fully saturated rings. The molecule has 0 radical (unpaired) electrons. The van der Waals surface area contributed by atoms with Crippen LogP contribution in [0.5, 0.6) is 0 Å². The second kappa shape index (κ2) is 4.81. The molecule has 0 atom stereocenters. The van der Waals surface area contributed by atoms with Crippen molar-refractivity contribution in [2.75, 3.05) is 0 Å². The molecule has 1 aromatic carbocycles. The van der Waals surface area contributed by atoms with Crippen LogP contribution in [0.2, 0.25) is 0 Å². The molecule has 0 amide bonds. The Morgan fingerprint density at radius 2 is 1.67 bits per heavy atom. The molecule has 0 aliphatic rings. The molecule has 0 unspecified atom stereocenters. The van der Waals surface area contributed by atoms with Gasteiger partial charge in [-0.05, 0) is 42.2 Å². The Kier molecular flexibility index (Phi) is 3.37. The zero-order valence-corrected chi connectivity index (χ0v) is 11.4. The Labute approximate surface area is 108 Å². The van der Waals surface area contributed by atoms with E-state index >= 15 is 0 Å². The van der Waals surface area contributed by atoms with Gasteiger partial charge in [-0.2, -0.15) is 0 Å². The van der Waals surface area contributed by atoms with Crippen molar-refractivity contribution >= 4 is 11.9 Å². The quantitative estimate of drug-likeness (QED) is 0.703. The van der Waals surface area contributed by atoms with Gasteiger partial charge in [0, 0.05) is 0 Å². The normalized spacial score (nSPS) is 12.2. The summed E-state index contributed by atoms with van der Waals surface area (Å²) < 4.78 is 5.43. The Balaban J connectivity index is 2.13. The van der Waals surface area contributed by atoms with Crippen molar-refractivity contribution in [1.82, 2.24) is 0 Å². The van der Waals surface area contributed by atoms with E-state index in [4.69, 9.17) is 4.42 Å². The standard InChI is InChI=1S/C16H19NO/c1-12-5-10-15(18-12)11-17-14-8-6-13(7-9-14)16(2,3)4/h5-11H,1-4H3/b17-11+. The fourth-order valence-corrected chi connectivity index (χ4v) is 1.71. The van der Waals surface area contributed by atoms with Gasteiger partial charge in [0.25, 0.3) is 0 Å².